The molecule has 0 bridgehead atoms. The zero-order valence-corrected chi connectivity index (χ0v) is 20.2. The fourth-order valence-electron chi connectivity index (χ4n) is 4.58. The molecule has 1 aliphatic rings. The van der Waals surface area contributed by atoms with Crippen molar-refractivity contribution in [3.63, 3.8) is 0 Å². The predicted octanol–water partition coefficient (Wildman–Crippen LogP) is 4.62. The second kappa shape index (κ2) is 9.37. The van der Waals surface area contributed by atoms with E-state index < -0.39 is 0 Å². The second-order valence-corrected chi connectivity index (χ2v) is 9.31. The summed E-state index contributed by atoms with van der Waals surface area (Å²) in [5.41, 5.74) is 3.83. The third-order valence-corrected chi connectivity index (χ3v) is 6.54. The number of likely N-dealkylation sites (tertiary alicyclic amines) is 1. The number of carbonyl (C=O) groups excluding carboxylic acids is 2. The van der Waals surface area contributed by atoms with E-state index in [1.54, 1.807) is 12.3 Å². The topological polar surface area (TPSA) is 93.3 Å². The maximum Gasteiger partial charge on any atom is 0.287 e. The summed E-state index contributed by atoms with van der Waals surface area (Å²) in [6.45, 7) is 7.07. The number of amides is 2. The van der Waals surface area contributed by atoms with Crippen molar-refractivity contribution in [2.75, 3.05) is 13.1 Å². The Bertz CT molecular complexity index is 1360. The number of piperidine rings is 1. The molecule has 0 atom stereocenters. The zero-order chi connectivity index (χ0) is 24.5. The Morgan fingerprint density at radius 3 is 2.51 bits per heavy atom. The molecule has 0 aliphatic carbocycles. The highest BCUT2D eigenvalue weighted by atomic mass is 16.3. The molecular weight excluding hydrogens is 442 g/mol. The molecule has 8 nitrogen and oxygen atoms in total. The number of hydrogen-bond donors (Lipinski definition) is 1. The maximum absolute atomic E-state index is 13.7. The Balaban J connectivity index is 1.38. The lowest BCUT2D eigenvalue weighted by Gasteiger charge is -2.32. The molecule has 0 saturated carbocycles. The second-order valence-electron chi connectivity index (χ2n) is 9.31. The van der Waals surface area contributed by atoms with Crippen LogP contribution in [0.4, 0.5) is 0 Å². The summed E-state index contributed by atoms with van der Waals surface area (Å²) in [6.07, 6.45) is 4.62. The predicted molar refractivity (Wildman–Crippen MR) is 133 cm³/mol. The van der Waals surface area contributed by atoms with E-state index in [0.717, 1.165) is 22.2 Å². The van der Waals surface area contributed by atoms with Crippen LogP contribution < -0.4 is 5.32 Å². The largest absolute Gasteiger partial charge is 0.459 e. The van der Waals surface area contributed by atoms with Gasteiger partial charge in [0.05, 0.1) is 29.1 Å². The standard InChI is InChI=1S/C27H29N5O3/c1-17(2)32-25-22(16-28-32)21(15-23(30-25)19-7-5-4-6-8-19)27(34)31-12-9-20(10-13-31)29-26(33)24-18(3)11-14-35-24/h4-8,11,14-17,20H,9-10,12-13H2,1-3H3,(H,29,33). The lowest BCUT2D eigenvalue weighted by Crippen LogP contribution is -2.46. The molecule has 1 saturated heterocycles. The summed E-state index contributed by atoms with van der Waals surface area (Å²) in [4.78, 5) is 32.9. The van der Waals surface area contributed by atoms with Crippen molar-refractivity contribution in [3.05, 3.63) is 71.8 Å². The van der Waals surface area contributed by atoms with Crippen LogP contribution in [-0.2, 0) is 0 Å². The van der Waals surface area contributed by atoms with E-state index in [0.29, 0.717) is 42.9 Å². The lowest BCUT2D eigenvalue weighted by atomic mass is 10.0. The van der Waals surface area contributed by atoms with E-state index in [1.807, 2.05) is 66.8 Å². The highest BCUT2D eigenvalue weighted by molar-refractivity contribution is 6.06. The van der Waals surface area contributed by atoms with Gasteiger partial charge in [0.25, 0.3) is 11.8 Å². The van der Waals surface area contributed by atoms with Gasteiger partial charge in [0, 0.05) is 36.3 Å². The summed E-state index contributed by atoms with van der Waals surface area (Å²) in [6, 6.07) is 13.6. The number of benzene rings is 1. The van der Waals surface area contributed by atoms with Gasteiger partial charge >= 0.3 is 0 Å². The fourth-order valence-corrected chi connectivity index (χ4v) is 4.58. The smallest absolute Gasteiger partial charge is 0.287 e. The van der Waals surface area contributed by atoms with Gasteiger partial charge in [-0.15, -0.1) is 0 Å². The van der Waals surface area contributed by atoms with Crippen LogP contribution in [0.15, 0.2) is 59.3 Å². The van der Waals surface area contributed by atoms with Crippen molar-refractivity contribution in [2.45, 2.75) is 45.7 Å². The normalized spacial score (nSPS) is 14.6. The average Bonchev–Trinajstić information content (AvgIpc) is 3.50. The molecule has 0 radical (unpaired) electrons. The lowest BCUT2D eigenvalue weighted by molar-refractivity contribution is 0.0697. The zero-order valence-electron chi connectivity index (χ0n) is 20.2. The quantitative estimate of drug-likeness (QED) is 0.459. The van der Waals surface area contributed by atoms with Gasteiger partial charge < -0.3 is 14.6 Å². The van der Waals surface area contributed by atoms with Crippen LogP contribution in [0.5, 0.6) is 0 Å². The maximum atomic E-state index is 13.7. The minimum absolute atomic E-state index is 0.00270. The third-order valence-electron chi connectivity index (χ3n) is 6.54. The van der Waals surface area contributed by atoms with Crippen LogP contribution in [-0.4, -0.2) is 50.6 Å². The molecule has 4 heterocycles. The molecule has 4 aromatic rings. The van der Waals surface area contributed by atoms with Crippen molar-refractivity contribution in [1.29, 1.82) is 0 Å². The Labute approximate surface area is 203 Å². The number of pyridine rings is 1. The molecule has 1 fully saturated rings. The first-order chi connectivity index (χ1) is 16.9. The molecule has 8 heteroatoms. The molecule has 35 heavy (non-hydrogen) atoms. The molecule has 0 spiro atoms. The first-order valence-corrected chi connectivity index (χ1v) is 12.0. The minimum atomic E-state index is -0.207. The molecular formula is C27H29N5O3. The monoisotopic (exact) mass is 471 g/mol. The van der Waals surface area contributed by atoms with E-state index in [-0.39, 0.29) is 23.9 Å². The molecule has 180 valence electrons. The first kappa shape index (κ1) is 22.8. The number of nitrogens with one attached hydrogen (secondary N) is 1. The van der Waals surface area contributed by atoms with Gasteiger partial charge in [0.2, 0.25) is 0 Å². The Morgan fingerprint density at radius 2 is 1.86 bits per heavy atom. The van der Waals surface area contributed by atoms with Crippen LogP contribution in [0.3, 0.4) is 0 Å². The summed E-state index contributed by atoms with van der Waals surface area (Å²) in [5, 5.41) is 8.32. The Hall–Kier alpha value is -3.94. The number of aromatic nitrogens is 3. The van der Waals surface area contributed by atoms with Gasteiger partial charge in [-0.05, 0) is 45.7 Å². The van der Waals surface area contributed by atoms with Gasteiger partial charge in [-0.25, -0.2) is 9.67 Å². The van der Waals surface area contributed by atoms with Gasteiger partial charge in [0.15, 0.2) is 11.4 Å². The van der Waals surface area contributed by atoms with Crippen LogP contribution in [0.1, 0.15) is 59.2 Å². The number of nitrogens with zero attached hydrogens (tertiary/aromatic N) is 4. The summed E-state index contributed by atoms with van der Waals surface area (Å²) < 4.78 is 7.16. The van der Waals surface area contributed by atoms with Crippen molar-refractivity contribution in [1.82, 2.24) is 25.0 Å². The van der Waals surface area contributed by atoms with Crippen LogP contribution in [0, 0.1) is 6.92 Å². The summed E-state index contributed by atoms with van der Waals surface area (Å²) in [5.74, 6) is 0.101. The number of carbonyl (C=O) groups is 2. The molecule has 5 rings (SSSR count). The van der Waals surface area contributed by atoms with E-state index in [4.69, 9.17) is 9.40 Å². The average molecular weight is 472 g/mol. The van der Waals surface area contributed by atoms with Crippen LogP contribution >= 0.6 is 0 Å². The number of hydrogen-bond acceptors (Lipinski definition) is 5. The molecule has 3 aromatic heterocycles. The fraction of sp³-hybridized carbons (Fsp3) is 0.333. The van der Waals surface area contributed by atoms with Crippen LogP contribution in [0.25, 0.3) is 22.3 Å². The van der Waals surface area contributed by atoms with Crippen molar-refractivity contribution >= 4 is 22.8 Å². The molecule has 2 amide bonds. The van der Waals surface area contributed by atoms with E-state index >= 15 is 0 Å². The third kappa shape index (κ3) is 4.43. The number of rotatable bonds is 5. The highest BCUT2D eigenvalue weighted by Crippen LogP contribution is 2.28. The van der Waals surface area contributed by atoms with Crippen molar-refractivity contribution in [2.24, 2.45) is 0 Å². The van der Waals surface area contributed by atoms with Gasteiger partial charge in [0.1, 0.15) is 0 Å². The van der Waals surface area contributed by atoms with E-state index in [1.165, 1.54) is 6.26 Å². The van der Waals surface area contributed by atoms with Crippen molar-refractivity contribution < 1.29 is 14.0 Å². The first-order valence-electron chi connectivity index (χ1n) is 12.0. The van der Waals surface area contributed by atoms with E-state index in [9.17, 15) is 9.59 Å². The van der Waals surface area contributed by atoms with Crippen molar-refractivity contribution in [3.8, 4) is 11.3 Å². The van der Waals surface area contributed by atoms with Gasteiger partial charge in [-0.2, -0.15) is 5.10 Å². The highest BCUT2D eigenvalue weighted by Gasteiger charge is 2.28. The Morgan fingerprint density at radius 1 is 1.11 bits per heavy atom. The Kier molecular flexibility index (Phi) is 6.11. The molecule has 1 N–H and O–H groups in total. The minimum Gasteiger partial charge on any atom is -0.459 e. The van der Waals surface area contributed by atoms with E-state index in [2.05, 4.69) is 10.4 Å². The van der Waals surface area contributed by atoms with Gasteiger partial charge in [-0.1, -0.05) is 30.3 Å². The van der Waals surface area contributed by atoms with Crippen LogP contribution in [0.2, 0.25) is 0 Å². The number of furan rings is 1. The molecule has 1 aromatic carbocycles. The molecule has 0 unspecified atom stereocenters. The number of aryl methyl sites for hydroxylation is 1. The van der Waals surface area contributed by atoms with Gasteiger partial charge in [-0.3, -0.25) is 9.59 Å². The number of fused-ring (bicyclic) bond motifs is 1. The summed E-state index contributed by atoms with van der Waals surface area (Å²) in [7, 11) is 0. The summed E-state index contributed by atoms with van der Waals surface area (Å²) >= 11 is 0. The SMILES string of the molecule is Cc1ccoc1C(=O)NC1CCN(C(=O)c2cc(-c3ccccc3)nc3c2cnn3C(C)C)CC1. The molecule has 1 aliphatic heterocycles.